The number of hydrogen-bond acceptors (Lipinski definition) is 1. The first-order chi connectivity index (χ1) is 30.2. The zero-order valence-electron chi connectivity index (χ0n) is 38.6. The monoisotopic (exact) mass is 802 g/mol. The van der Waals surface area contributed by atoms with Crippen molar-refractivity contribution >= 4 is 43.7 Å². The van der Waals surface area contributed by atoms with E-state index >= 15 is 0 Å². The van der Waals surface area contributed by atoms with Crippen LogP contribution in [-0.2, 0) is 6.42 Å². The second-order valence-corrected chi connectivity index (χ2v) is 13.4. The summed E-state index contributed by atoms with van der Waals surface area (Å²) in [5.74, 6) is 0. The van der Waals surface area contributed by atoms with Crippen LogP contribution >= 0.6 is 0 Å². The van der Waals surface area contributed by atoms with Crippen molar-refractivity contribution in [1.29, 1.82) is 0 Å². The predicted molar refractivity (Wildman–Crippen MR) is 276 cm³/mol. The van der Waals surface area contributed by atoms with E-state index in [1.165, 1.54) is 88.2 Å². The second kappa shape index (κ2) is 24.6. The Labute approximate surface area is 368 Å². The van der Waals surface area contributed by atoms with Gasteiger partial charge in [0.05, 0.1) is 0 Å². The molecule has 1 aliphatic carbocycles. The minimum Gasteiger partial charge on any atom is -0.344 e. The molecular weight excluding hydrogens is 735 g/mol. The summed E-state index contributed by atoms with van der Waals surface area (Å²) in [6.45, 7) is 20.0. The van der Waals surface area contributed by atoms with Crippen LogP contribution < -0.4 is 4.90 Å². The van der Waals surface area contributed by atoms with Gasteiger partial charge in [0.1, 0.15) is 0 Å². The van der Waals surface area contributed by atoms with E-state index in [-0.39, 0.29) is 0 Å². The van der Waals surface area contributed by atoms with Gasteiger partial charge in [-0.25, -0.2) is 0 Å². The molecule has 0 aromatic heterocycles. The second-order valence-electron chi connectivity index (χ2n) is 13.4. The average Bonchev–Trinajstić information content (AvgIpc) is 3.76. The molecule has 0 bridgehead atoms. The average molecular weight is 802 g/mol. The molecule has 0 spiro atoms. The standard InChI is InChI=1S/C37H27N.C13H10.5C2H6/c1-38(37-25-32-10-4-5-11-34(32)35-12-6-7-13-36(35)37)33-22-20-28(21-23-33)27-14-16-29(17-15-27)31-19-18-26-8-2-3-9-30(26)24-31;1-3-7-12-10(5-1)9-11-6-2-4-8-13(11)12;5*1-2/h2-25H,1H3;1-8H,9H2;5*1-2H3. The van der Waals surface area contributed by atoms with Crippen molar-refractivity contribution in [3.8, 4) is 33.4 Å². The molecule has 312 valence electrons. The maximum absolute atomic E-state index is 2.30. The topological polar surface area (TPSA) is 3.24 Å². The van der Waals surface area contributed by atoms with E-state index in [1.54, 1.807) is 0 Å². The molecule has 0 N–H and O–H groups in total. The van der Waals surface area contributed by atoms with E-state index < -0.39 is 0 Å². The molecule has 9 aromatic carbocycles. The summed E-state index contributed by atoms with van der Waals surface area (Å²) in [6.07, 6.45) is 1.10. The maximum Gasteiger partial charge on any atom is 0.0494 e. The van der Waals surface area contributed by atoms with Crippen molar-refractivity contribution in [3.05, 3.63) is 205 Å². The van der Waals surface area contributed by atoms with Gasteiger partial charge < -0.3 is 4.90 Å². The summed E-state index contributed by atoms with van der Waals surface area (Å²) in [6, 6.07) is 69.9. The zero-order chi connectivity index (χ0) is 44.1. The lowest BCUT2D eigenvalue weighted by Gasteiger charge is -2.23. The fourth-order valence-corrected chi connectivity index (χ4v) is 7.63. The Kier molecular flexibility index (Phi) is 19.0. The highest BCUT2D eigenvalue weighted by Gasteiger charge is 2.16. The lowest BCUT2D eigenvalue weighted by molar-refractivity contribution is 1.22. The SMILES string of the molecule is CC.CC.CC.CC.CC.CN(c1ccc(-c2ccc(-c3ccc4ccccc4c3)cc2)cc1)c1cc2ccccc2c2ccccc12.c1ccc2c(c1)Cc1ccccc1-2. The van der Waals surface area contributed by atoms with Gasteiger partial charge in [0, 0.05) is 23.8 Å². The maximum atomic E-state index is 2.30. The molecule has 0 atom stereocenters. The van der Waals surface area contributed by atoms with E-state index in [0.717, 1.165) is 6.42 Å². The third-order valence-corrected chi connectivity index (χ3v) is 10.4. The van der Waals surface area contributed by atoms with Crippen molar-refractivity contribution in [2.24, 2.45) is 0 Å². The largest absolute Gasteiger partial charge is 0.344 e. The number of hydrogen-bond donors (Lipinski definition) is 0. The summed E-state index contributed by atoms with van der Waals surface area (Å²) < 4.78 is 0. The van der Waals surface area contributed by atoms with Crippen molar-refractivity contribution in [2.45, 2.75) is 75.7 Å². The summed E-state index contributed by atoms with van der Waals surface area (Å²) in [4.78, 5) is 2.29. The molecule has 0 unspecified atom stereocenters. The first-order valence-corrected chi connectivity index (χ1v) is 22.7. The van der Waals surface area contributed by atoms with Crippen LogP contribution in [0.25, 0.3) is 65.7 Å². The van der Waals surface area contributed by atoms with Crippen LogP contribution in [-0.4, -0.2) is 7.05 Å². The number of anilines is 2. The molecule has 1 aliphatic rings. The van der Waals surface area contributed by atoms with E-state index in [2.05, 4.69) is 206 Å². The summed E-state index contributed by atoms with van der Waals surface area (Å²) in [7, 11) is 2.16. The molecule has 0 saturated carbocycles. The Bertz CT molecular complexity index is 2620. The molecule has 0 aliphatic heterocycles. The smallest absolute Gasteiger partial charge is 0.0494 e. The Balaban J connectivity index is 0.000000296. The number of fused-ring (bicyclic) bond motifs is 7. The third kappa shape index (κ3) is 11.0. The summed E-state index contributed by atoms with van der Waals surface area (Å²) in [5, 5.41) is 7.65. The van der Waals surface area contributed by atoms with Crippen LogP contribution in [0.2, 0.25) is 0 Å². The fraction of sp³-hybridized carbons (Fsp3) is 0.200. The van der Waals surface area contributed by atoms with Gasteiger partial charge in [-0.2, -0.15) is 0 Å². The highest BCUT2D eigenvalue weighted by molar-refractivity contribution is 6.13. The minimum absolute atomic E-state index is 1.10. The van der Waals surface area contributed by atoms with Gasteiger partial charge in [0.15, 0.2) is 0 Å². The predicted octanol–water partition coefficient (Wildman–Crippen LogP) is 18.6. The minimum atomic E-state index is 1.10. The van der Waals surface area contributed by atoms with Gasteiger partial charge in [-0.05, 0) is 102 Å². The number of benzene rings is 9. The molecule has 9 aromatic rings. The molecule has 0 saturated heterocycles. The molecule has 0 radical (unpaired) electrons. The first kappa shape index (κ1) is 47.2. The Morgan fingerprint density at radius 2 is 0.705 bits per heavy atom. The van der Waals surface area contributed by atoms with Gasteiger partial charge in [-0.1, -0.05) is 239 Å². The Morgan fingerprint density at radius 1 is 0.311 bits per heavy atom. The van der Waals surface area contributed by atoms with Crippen LogP contribution in [0.4, 0.5) is 11.4 Å². The normalized spacial score (nSPS) is 10.1. The number of rotatable bonds is 4. The molecule has 0 heterocycles. The van der Waals surface area contributed by atoms with Crippen LogP contribution in [0.15, 0.2) is 194 Å². The number of nitrogens with zero attached hydrogens (tertiary/aromatic N) is 1. The Hall–Kier alpha value is -6.44. The molecule has 61 heavy (non-hydrogen) atoms. The van der Waals surface area contributed by atoms with Gasteiger partial charge in [-0.3, -0.25) is 0 Å². The van der Waals surface area contributed by atoms with Crippen molar-refractivity contribution in [1.82, 2.24) is 0 Å². The third-order valence-electron chi connectivity index (χ3n) is 10.4. The lowest BCUT2D eigenvalue weighted by Crippen LogP contribution is -2.10. The van der Waals surface area contributed by atoms with E-state index in [4.69, 9.17) is 0 Å². The quantitative estimate of drug-likeness (QED) is 0.160. The van der Waals surface area contributed by atoms with E-state index in [1.807, 2.05) is 69.2 Å². The van der Waals surface area contributed by atoms with Crippen LogP contribution in [0.1, 0.15) is 80.4 Å². The Morgan fingerprint density at radius 3 is 1.26 bits per heavy atom. The van der Waals surface area contributed by atoms with E-state index in [9.17, 15) is 0 Å². The van der Waals surface area contributed by atoms with Crippen molar-refractivity contribution < 1.29 is 0 Å². The first-order valence-electron chi connectivity index (χ1n) is 22.7. The zero-order valence-corrected chi connectivity index (χ0v) is 38.6. The van der Waals surface area contributed by atoms with Gasteiger partial charge in [0.25, 0.3) is 0 Å². The van der Waals surface area contributed by atoms with Gasteiger partial charge in [0.2, 0.25) is 0 Å². The lowest BCUT2D eigenvalue weighted by atomic mass is 9.98. The fourth-order valence-electron chi connectivity index (χ4n) is 7.63. The molecule has 0 fully saturated rings. The molecular formula is C60H67N. The molecule has 0 amide bonds. The van der Waals surface area contributed by atoms with E-state index in [0.29, 0.717) is 0 Å². The van der Waals surface area contributed by atoms with Gasteiger partial charge in [-0.15, -0.1) is 0 Å². The molecule has 1 heteroatoms. The van der Waals surface area contributed by atoms with Crippen molar-refractivity contribution in [2.75, 3.05) is 11.9 Å². The van der Waals surface area contributed by atoms with Gasteiger partial charge >= 0.3 is 0 Å². The highest BCUT2D eigenvalue weighted by Crippen LogP contribution is 2.38. The van der Waals surface area contributed by atoms with Crippen molar-refractivity contribution in [3.63, 3.8) is 0 Å². The summed E-state index contributed by atoms with van der Waals surface area (Å²) >= 11 is 0. The molecule has 1 nitrogen and oxygen atoms in total. The van der Waals surface area contributed by atoms with Crippen LogP contribution in [0, 0.1) is 0 Å². The molecule has 10 rings (SSSR count). The summed E-state index contributed by atoms with van der Waals surface area (Å²) in [5.41, 5.74) is 13.1. The highest BCUT2D eigenvalue weighted by atomic mass is 15.1. The van der Waals surface area contributed by atoms with Crippen LogP contribution in [0.3, 0.4) is 0 Å². The van der Waals surface area contributed by atoms with Crippen LogP contribution in [0.5, 0.6) is 0 Å².